The highest BCUT2D eigenvalue weighted by atomic mass is 16.5. The number of fused-ring (bicyclic) bond motifs is 1. The molecular formula is C24H25N5O2. The van der Waals surface area contributed by atoms with E-state index in [-0.39, 0.29) is 5.91 Å². The Labute approximate surface area is 182 Å². The zero-order valence-electron chi connectivity index (χ0n) is 17.8. The molecule has 0 aliphatic carbocycles. The quantitative estimate of drug-likeness (QED) is 0.455. The Bertz CT molecular complexity index is 1150. The second kappa shape index (κ2) is 9.43. The molecule has 31 heavy (non-hydrogen) atoms. The number of amides is 1. The van der Waals surface area contributed by atoms with E-state index in [1.807, 2.05) is 60.3 Å². The van der Waals surface area contributed by atoms with Crippen molar-refractivity contribution in [2.24, 2.45) is 0 Å². The normalized spacial score (nSPS) is 13.2. The average Bonchev–Trinajstić information content (AvgIpc) is 3.19. The van der Waals surface area contributed by atoms with Crippen molar-refractivity contribution in [2.45, 2.75) is 19.3 Å². The Kier molecular flexibility index (Phi) is 6.27. The molecule has 1 aliphatic rings. The van der Waals surface area contributed by atoms with Crippen LogP contribution in [0.25, 0.3) is 11.2 Å². The molecule has 7 heteroatoms. The smallest absolute Gasteiger partial charge is 0.249 e. The summed E-state index contributed by atoms with van der Waals surface area (Å²) in [4.78, 5) is 29.1. The van der Waals surface area contributed by atoms with Gasteiger partial charge in [0, 0.05) is 45.4 Å². The average molecular weight is 415 g/mol. The monoisotopic (exact) mass is 415 g/mol. The van der Waals surface area contributed by atoms with Crippen molar-refractivity contribution in [3.8, 4) is 17.7 Å². The maximum absolute atomic E-state index is 11.8. The van der Waals surface area contributed by atoms with E-state index in [1.165, 1.54) is 0 Å². The fourth-order valence-electron chi connectivity index (χ4n) is 3.52. The molecule has 1 aliphatic heterocycles. The molecule has 0 saturated carbocycles. The Morgan fingerprint density at radius 3 is 2.81 bits per heavy atom. The molecule has 3 aromatic rings. The summed E-state index contributed by atoms with van der Waals surface area (Å²) in [6.45, 7) is 1.97. The molecular weight excluding hydrogens is 390 g/mol. The first-order chi connectivity index (χ1) is 15.1. The van der Waals surface area contributed by atoms with E-state index in [4.69, 9.17) is 4.74 Å². The van der Waals surface area contributed by atoms with E-state index in [1.54, 1.807) is 6.20 Å². The third-order valence-corrected chi connectivity index (χ3v) is 5.09. The lowest BCUT2D eigenvalue weighted by Gasteiger charge is -2.15. The van der Waals surface area contributed by atoms with E-state index < -0.39 is 0 Å². The number of benzene rings is 1. The Morgan fingerprint density at radius 1 is 1.13 bits per heavy atom. The van der Waals surface area contributed by atoms with Crippen molar-refractivity contribution < 1.29 is 9.53 Å². The second-order valence-corrected chi connectivity index (χ2v) is 7.57. The summed E-state index contributed by atoms with van der Waals surface area (Å²) < 4.78 is 5.95. The van der Waals surface area contributed by atoms with E-state index in [9.17, 15) is 4.79 Å². The van der Waals surface area contributed by atoms with E-state index in [2.05, 4.69) is 26.8 Å². The molecule has 158 valence electrons. The molecule has 0 bridgehead atoms. The van der Waals surface area contributed by atoms with Crippen LogP contribution in [-0.4, -0.2) is 59.6 Å². The summed E-state index contributed by atoms with van der Waals surface area (Å²) in [5.41, 5.74) is 3.57. The standard InChI is InChI=1S/C24H25N5O2/c1-28(2)21-10-4-3-8-18(21)12-13-20-24(27-19-9-5-14-25-23(19)26-20)31-17-7-16-29-15-6-11-22(29)30/h3-5,8-10,14H,6-7,11,15-17H2,1-2H3. The molecule has 4 rings (SSSR count). The van der Waals surface area contributed by atoms with Gasteiger partial charge in [-0.05, 0) is 43.0 Å². The zero-order valence-corrected chi connectivity index (χ0v) is 17.8. The minimum absolute atomic E-state index is 0.225. The fourth-order valence-corrected chi connectivity index (χ4v) is 3.52. The van der Waals surface area contributed by atoms with Crippen molar-refractivity contribution >= 4 is 22.8 Å². The molecule has 1 saturated heterocycles. The minimum Gasteiger partial charge on any atom is -0.476 e. The van der Waals surface area contributed by atoms with Gasteiger partial charge in [0.15, 0.2) is 11.3 Å². The van der Waals surface area contributed by atoms with Gasteiger partial charge < -0.3 is 14.5 Å². The van der Waals surface area contributed by atoms with Crippen LogP contribution >= 0.6 is 0 Å². The minimum atomic E-state index is 0.225. The van der Waals surface area contributed by atoms with Crippen molar-refractivity contribution in [3.05, 3.63) is 53.9 Å². The number of ether oxygens (including phenoxy) is 1. The van der Waals surface area contributed by atoms with E-state index >= 15 is 0 Å². The summed E-state index contributed by atoms with van der Waals surface area (Å²) in [5, 5.41) is 0. The maximum atomic E-state index is 11.8. The molecule has 0 N–H and O–H groups in total. The first-order valence-electron chi connectivity index (χ1n) is 10.4. The molecule has 3 heterocycles. The van der Waals surface area contributed by atoms with Crippen LogP contribution in [0.4, 0.5) is 5.69 Å². The third kappa shape index (κ3) is 4.92. The topological polar surface area (TPSA) is 71.5 Å². The predicted molar refractivity (Wildman–Crippen MR) is 120 cm³/mol. The van der Waals surface area contributed by atoms with E-state index in [0.29, 0.717) is 42.3 Å². The van der Waals surface area contributed by atoms with Crippen LogP contribution in [0, 0.1) is 11.8 Å². The third-order valence-electron chi connectivity index (χ3n) is 5.09. The number of hydrogen-bond donors (Lipinski definition) is 0. The number of aromatic nitrogens is 3. The van der Waals surface area contributed by atoms with Crippen molar-refractivity contribution in [1.82, 2.24) is 19.9 Å². The molecule has 0 radical (unpaired) electrons. The Morgan fingerprint density at radius 2 is 2.00 bits per heavy atom. The van der Waals surface area contributed by atoms with Crippen LogP contribution < -0.4 is 9.64 Å². The highest BCUT2D eigenvalue weighted by Crippen LogP contribution is 2.20. The van der Waals surface area contributed by atoms with Crippen LogP contribution in [0.1, 0.15) is 30.5 Å². The fraction of sp³-hybridized carbons (Fsp3) is 0.333. The summed E-state index contributed by atoms with van der Waals surface area (Å²) in [5.74, 6) is 6.94. The van der Waals surface area contributed by atoms with Crippen LogP contribution in [0.2, 0.25) is 0 Å². The van der Waals surface area contributed by atoms with Gasteiger partial charge in [-0.25, -0.2) is 15.0 Å². The molecule has 0 spiro atoms. The summed E-state index contributed by atoms with van der Waals surface area (Å²) in [6, 6.07) is 11.6. The van der Waals surface area contributed by atoms with Gasteiger partial charge in [-0.15, -0.1) is 0 Å². The summed E-state index contributed by atoms with van der Waals surface area (Å²) in [6.07, 6.45) is 4.01. The number of rotatable bonds is 6. The van der Waals surface area contributed by atoms with Crippen molar-refractivity contribution in [2.75, 3.05) is 38.7 Å². The molecule has 0 unspecified atom stereocenters. The van der Waals surface area contributed by atoms with Crippen LogP contribution in [0.3, 0.4) is 0 Å². The zero-order chi connectivity index (χ0) is 21.6. The highest BCUT2D eigenvalue weighted by Gasteiger charge is 2.19. The van der Waals surface area contributed by atoms with Gasteiger partial charge in [0.1, 0.15) is 5.52 Å². The van der Waals surface area contributed by atoms with Crippen LogP contribution in [-0.2, 0) is 4.79 Å². The van der Waals surface area contributed by atoms with Crippen molar-refractivity contribution in [1.29, 1.82) is 0 Å². The van der Waals surface area contributed by atoms with Crippen LogP contribution in [0.15, 0.2) is 42.6 Å². The lowest BCUT2D eigenvalue weighted by Crippen LogP contribution is -2.26. The summed E-state index contributed by atoms with van der Waals surface area (Å²) >= 11 is 0. The van der Waals surface area contributed by atoms with Gasteiger partial charge in [0.2, 0.25) is 11.8 Å². The van der Waals surface area contributed by atoms with Gasteiger partial charge in [0.25, 0.3) is 0 Å². The maximum Gasteiger partial charge on any atom is 0.249 e. The predicted octanol–water partition coefficient (Wildman–Crippen LogP) is 2.88. The summed E-state index contributed by atoms with van der Waals surface area (Å²) in [7, 11) is 3.97. The first-order valence-corrected chi connectivity index (χ1v) is 10.4. The number of nitrogens with zero attached hydrogens (tertiary/aromatic N) is 5. The van der Waals surface area contributed by atoms with Gasteiger partial charge >= 0.3 is 0 Å². The number of carbonyl (C=O) groups is 1. The number of anilines is 1. The molecule has 2 aromatic heterocycles. The van der Waals surface area contributed by atoms with Crippen molar-refractivity contribution in [3.63, 3.8) is 0 Å². The first kappa shape index (κ1) is 20.6. The Hall–Kier alpha value is -3.66. The number of carbonyl (C=O) groups excluding carboxylic acids is 1. The van der Waals surface area contributed by atoms with Gasteiger partial charge in [0.05, 0.1) is 12.3 Å². The largest absolute Gasteiger partial charge is 0.476 e. The lowest BCUT2D eigenvalue weighted by atomic mass is 10.1. The number of hydrogen-bond acceptors (Lipinski definition) is 6. The molecule has 7 nitrogen and oxygen atoms in total. The molecule has 1 aromatic carbocycles. The number of para-hydroxylation sites is 1. The van der Waals surface area contributed by atoms with Gasteiger partial charge in [-0.1, -0.05) is 18.1 Å². The van der Waals surface area contributed by atoms with E-state index in [0.717, 1.165) is 30.6 Å². The highest BCUT2D eigenvalue weighted by molar-refractivity contribution is 5.78. The van der Waals surface area contributed by atoms with Crippen LogP contribution in [0.5, 0.6) is 5.88 Å². The molecule has 1 amide bonds. The number of likely N-dealkylation sites (tertiary alicyclic amines) is 1. The molecule has 0 atom stereocenters. The Balaban J connectivity index is 1.57. The molecule has 1 fully saturated rings. The van der Waals surface area contributed by atoms with Gasteiger partial charge in [-0.3, -0.25) is 4.79 Å². The van der Waals surface area contributed by atoms with Gasteiger partial charge in [-0.2, -0.15) is 0 Å². The number of pyridine rings is 1. The second-order valence-electron chi connectivity index (χ2n) is 7.57. The lowest BCUT2D eigenvalue weighted by molar-refractivity contribution is -0.127. The SMILES string of the molecule is CN(C)c1ccccc1C#Cc1nc2ncccc2nc1OCCCN1CCCC1=O.